The molecule has 0 unspecified atom stereocenters. The molecule has 0 aromatic rings. The lowest BCUT2D eigenvalue weighted by atomic mass is 9.95. The van der Waals surface area contributed by atoms with Crippen molar-refractivity contribution < 1.29 is 20.1 Å². The number of carbonyl (C=O) groups is 1. The first-order chi connectivity index (χ1) is 5.15. The van der Waals surface area contributed by atoms with Gasteiger partial charge in [0.2, 0.25) is 0 Å². The van der Waals surface area contributed by atoms with Gasteiger partial charge in [-0.25, -0.2) is 4.79 Å². The van der Waals surface area contributed by atoms with Crippen molar-refractivity contribution in [3.63, 3.8) is 0 Å². The van der Waals surface area contributed by atoms with Crippen LogP contribution < -0.4 is 0 Å². The second-order valence-electron chi connectivity index (χ2n) is 2.70. The van der Waals surface area contributed by atoms with Crippen molar-refractivity contribution in [2.24, 2.45) is 5.92 Å². The highest BCUT2D eigenvalue weighted by Gasteiger charge is 2.34. The molecular formula is C6H11NO4. The maximum absolute atomic E-state index is 10.2. The topological polar surface area (TPSA) is 81.0 Å². The largest absolute Gasteiger partial charge is 0.465 e. The zero-order valence-electron chi connectivity index (χ0n) is 5.97. The molecule has 5 nitrogen and oxygen atoms in total. The van der Waals surface area contributed by atoms with E-state index in [-0.39, 0.29) is 12.5 Å². The fourth-order valence-corrected chi connectivity index (χ4v) is 1.06. The minimum absolute atomic E-state index is 0.0869. The van der Waals surface area contributed by atoms with Crippen LogP contribution in [0.3, 0.4) is 0 Å². The molecule has 1 fully saturated rings. The second kappa shape index (κ2) is 3.06. The van der Waals surface area contributed by atoms with E-state index in [1.165, 1.54) is 4.90 Å². The number of likely N-dealkylation sites (tertiary alicyclic amines) is 1. The van der Waals surface area contributed by atoms with Gasteiger partial charge in [0.05, 0.1) is 12.7 Å². The van der Waals surface area contributed by atoms with E-state index in [0.717, 1.165) is 0 Å². The van der Waals surface area contributed by atoms with Crippen LogP contribution in [0.1, 0.15) is 0 Å². The van der Waals surface area contributed by atoms with Crippen molar-refractivity contribution in [3.8, 4) is 0 Å². The van der Waals surface area contributed by atoms with Crippen LogP contribution in [-0.2, 0) is 0 Å². The van der Waals surface area contributed by atoms with Crippen LogP contribution in [-0.4, -0.2) is 52.1 Å². The summed E-state index contributed by atoms with van der Waals surface area (Å²) in [6.45, 7) is 0.367. The quantitative estimate of drug-likeness (QED) is 0.482. The molecule has 1 aliphatic heterocycles. The molecule has 11 heavy (non-hydrogen) atoms. The van der Waals surface area contributed by atoms with Gasteiger partial charge in [-0.3, -0.25) is 0 Å². The minimum Gasteiger partial charge on any atom is -0.465 e. The van der Waals surface area contributed by atoms with Gasteiger partial charge in [0.25, 0.3) is 0 Å². The monoisotopic (exact) mass is 161 g/mol. The molecular weight excluding hydrogens is 150 g/mol. The smallest absolute Gasteiger partial charge is 0.407 e. The summed E-state index contributed by atoms with van der Waals surface area (Å²) in [6.07, 6.45) is -1.74. The van der Waals surface area contributed by atoms with Gasteiger partial charge in [-0.05, 0) is 0 Å². The number of rotatable bonds is 2. The first-order valence-corrected chi connectivity index (χ1v) is 3.42. The molecule has 1 amide bonds. The Hall–Kier alpha value is -0.810. The summed E-state index contributed by atoms with van der Waals surface area (Å²) in [6, 6.07) is 0. The van der Waals surface area contributed by atoms with Crippen LogP contribution in [0, 0.1) is 5.92 Å². The molecule has 3 N–H and O–H groups in total. The first-order valence-electron chi connectivity index (χ1n) is 3.42. The molecule has 1 atom stereocenters. The summed E-state index contributed by atoms with van der Waals surface area (Å²) in [5.74, 6) is -0.0869. The maximum atomic E-state index is 10.2. The van der Waals surface area contributed by atoms with Crippen molar-refractivity contribution >= 4 is 6.09 Å². The van der Waals surface area contributed by atoms with E-state index in [1.54, 1.807) is 0 Å². The van der Waals surface area contributed by atoms with Crippen LogP contribution in [0.25, 0.3) is 0 Å². The van der Waals surface area contributed by atoms with Crippen molar-refractivity contribution in [2.75, 3.05) is 19.7 Å². The third kappa shape index (κ3) is 1.61. The Morgan fingerprint density at radius 3 is 2.55 bits per heavy atom. The Labute approximate surface area is 63.9 Å². The summed E-state index contributed by atoms with van der Waals surface area (Å²) in [5.41, 5.74) is 0. The lowest BCUT2D eigenvalue weighted by Crippen LogP contribution is -2.54. The number of aliphatic hydroxyl groups excluding tert-OH is 2. The lowest BCUT2D eigenvalue weighted by Gasteiger charge is -2.39. The minimum atomic E-state index is -0.966. The summed E-state index contributed by atoms with van der Waals surface area (Å²) in [7, 11) is 0. The van der Waals surface area contributed by atoms with E-state index in [2.05, 4.69) is 0 Å². The number of hydrogen-bond acceptors (Lipinski definition) is 3. The van der Waals surface area contributed by atoms with Gasteiger partial charge in [-0.2, -0.15) is 0 Å². The zero-order chi connectivity index (χ0) is 8.43. The van der Waals surface area contributed by atoms with Crippen LogP contribution in [0.15, 0.2) is 0 Å². The lowest BCUT2D eigenvalue weighted by molar-refractivity contribution is -0.0222. The van der Waals surface area contributed by atoms with Crippen LogP contribution in [0.5, 0.6) is 0 Å². The third-order valence-corrected chi connectivity index (χ3v) is 1.91. The van der Waals surface area contributed by atoms with E-state index in [4.69, 9.17) is 15.3 Å². The summed E-state index contributed by atoms with van der Waals surface area (Å²) >= 11 is 0. The van der Waals surface area contributed by atoms with Crippen molar-refractivity contribution in [1.82, 2.24) is 4.90 Å². The highest BCUT2D eigenvalue weighted by Crippen LogP contribution is 2.18. The normalized spacial score (nSPS) is 21.1. The van der Waals surface area contributed by atoms with Gasteiger partial charge in [0, 0.05) is 19.0 Å². The Kier molecular flexibility index (Phi) is 2.31. The Bertz CT molecular complexity index is 155. The van der Waals surface area contributed by atoms with Gasteiger partial charge in [0.15, 0.2) is 0 Å². The molecule has 1 rings (SSSR count). The van der Waals surface area contributed by atoms with Gasteiger partial charge in [-0.1, -0.05) is 0 Å². The molecule has 64 valence electrons. The Morgan fingerprint density at radius 1 is 1.64 bits per heavy atom. The molecule has 5 heteroatoms. The SMILES string of the molecule is O=C(O)N1CC([C@H](O)CO)C1. The molecule has 0 bridgehead atoms. The molecule has 0 radical (unpaired) electrons. The second-order valence-corrected chi connectivity index (χ2v) is 2.70. The summed E-state index contributed by atoms with van der Waals surface area (Å²) in [4.78, 5) is 11.4. The van der Waals surface area contributed by atoms with Crippen LogP contribution >= 0.6 is 0 Å². The number of hydrogen-bond donors (Lipinski definition) is 3. The number of aliphatic hydroxyl groups is 2. The average molecular weight is 161 g/mol. The van der Waals surface area contributed by atoms with Gasteiger partial charge in [0.1, 0.15) is 0 Å². The van der Waals surface area contributed by atoms with Gasteiger partial charge < -0.3 is 20.2 Å². The zero-order valence-corrected chi connectivity index (χ0v) is 5.97. The first kappa shape index (κ1) is 8.29. The van der Waals surface area contributed by atoms with E-state index < -0.39 is 12.2 Å². The van der Waals surface area contributed by atoms with Crippen molar-refractivity contribution in [3.05, 3.63) is 0 Å². The number of nitrogens with zero attached hydrogens (tertiary/aromatic N) is 1. The summed E-state index contributed by atoms with van der Waals surface area (Å²) < 4.78 is 0. The van der Waals surface area contributed by atoms with Gasteiger partial charge in [-0.15, -0.1) is 0 Å². The molecule has 0 aromatic heterocycles. The summed E-state index contributed by atoms with van der Waals surface area (Å²) in [5, 5.41) is 25.9. The average Bonchev–Trinajstić information content (AvgIpc) is 1.83. The third-order valence-electron chi connectivity index (χ3n) is 1.91. The molecule has 0 aliphatic carbocycles. The molecule has 0 aromatic carbocycles. The van der Waals surface area contributed by atoms with E-state index in [1.807, 2.05) is 0 Å². The van der Waals surface area contributed by atoms with Crippen LogP contribution in [0.2, 0.25) is 0 Å². The highest BCUT2D eigenvalue weighted by atomic mass is 16.4. The standard InChI is InChI=1S/C6H11NO4/c8-3-5(9)4-1-7(2-4)6(10)11/h4-5,8-9H,1-3H2,(H,10,11)/t5-/m1/s1. The fraction of sp³-hybridized carbons (Fsp3) is 0.833. The molecule has 0 spiro atoms. The molecule has 0 saturated carbocycles. The Balaban J connectivity index is 2.23. The Morgan fingerprint density at radius 2 is 2.18 bits per heavy atom. The molecule has 1 heterocycles. The molecule has 1 aliphatic rings. The van der Waals surface area contributed by atoms with Crippen molar-refractivity contribution in [1.29, 1.82) is 0 Å². The number of amides is 1. The molecule has 1 saturated heterocycles. The fourth-order valence-electron chi connectivity index (χ4n) is 1.06. The van der Waals surface area contributed by atoms with Crippen molar-refractivity contribution in [2.45, 2.75) is 6.10 Å². The predicted octanol–water partition coefficient (Wildman–Crippen LogP) is -1.05. The van der Waals surface area contributed by atoms with Gasteiger partial charge >= 0.3 is 6.09 Å². The van der Waals surface area contributed by atoms with E-state index >= 15 is 0 Å². The maximum Gasteiger partial charge on any atom is 0.407 e. The van der Waals surface area contributed by atoms with Crippen LogP contribution in [0.4, 0.5) is 4.79 Å². The van der Waals surface area contributed by atoms with E-state index in [0.29, 0.717) is 13.1 Å². The number of carboxylic acid groups (broad SMARTS) is 1. The van der Waals surface area contributed by atoms with E-state index in [9.17, 15) is 4.79 Å². The highest BCUT2D eigenvalue weighted by molar-refractivity contribution is 5.66. The predicted molar refractivity (Wildman–Crippen MR) is 36.2 cm³/mol.